The Morgan fingerprint density at radius 2 is 1.71 bits per heavy atom. The van der Waals surface area contributed by atoms with Gasteiger partial charge in [0.2, 0.25) is 0 Å². The first kappa shape index (κ1) is 15.7. The summed E-state index contributed by atoms with van der Waals surface area (Å²) in [4.78, 5) is 11.1. The molecule has 0 radical (unpaired) electrons. The highest BCUT2D eigenvalue weighted by Gasteiger charge is 2.19. The number of methoxy groups -OCH3 is 1. The number of hydrogen-bond donors (Lipinski definition) is 1. The van der Waals surface area contributed by atoms with Gasteiger partial charge in [0, 0.05) is 5.92 Å². The zero-order valence-electron chi connectivity index (χ0n) is 11.3. The maximum atomic E-state index is 11.1. The number of benzene rings is 2. The maximum absolute atomic E-state index is 11.1. The van der Waals surface area contributed by atoms with Gasteiger partial charge in [-0.15, -0.1) is 0 Å². The van der Waals surface area contributed by atoms with Crippen molar-refractivity contribution in [2.45, 2.75) is 12.3 Å². The standard InChI is InChI=1S/C16H14Cl2O3/c1-21-12-5-2-10(3-6-12)13(9-16(19)20)11-4-7-14(17)15(18)8-11/h2-8,13H,9H2,1H3,(H,19,20)/t13-/m1/s1. The molecule has 0 amide bonds. The van der Waals surface area contributed by atoms with E-state index in [-0.39, 0.29) is 12.3 Å². The van der Waals surface area contributed by atoms with Crippen LogP contribution in [0.25, 0.3) is 0 Å². The first-order valence-electron chi connectivity index (χ1n) is 6.32. The first-order valence-corrected chi connectivity index (χ1v) is 7.07. The number of carbonyl (C=O) groups is 1. The first-order chi connectivity index (χ1) is 10.0. The van der Waals surface area contributed by atoms with Crippen molar-refractivity contribution >= 4 is 29.2 Å². The molecule has 5 heteroatoms. The highest BCUT2D eigenvalue weighted by atomic mass is 35.5. The number of ether oxygens (including phenoxy) is 1. The number of aliphatic carboxylic acids is 1. The lowest BCUT2D eigenvalue weighted by Gasteiger charge is -2.17. The lowest BCUT2D eigenvalue weighted by atomic mass is 9.88. The molecular weight excluding hydrogens is 311 g/mol. The molecule has 0 aliphatic heterocycles. The maximum Gasteiger partial charge on any atom is 0.304 e. The van der Waals surface area contributed by atoms with E-state index in [0.29, 0.717) is 10.0 Å². The average Bonchev–Trinajstić information content (AvgIpc) is 2.48. The van der Waals surface area contributed by atoms with Crippen LogP contribution in [0.15, 0.2) is 42.5 Å². The molecule has 0 aliphatic carbocycles. The SMILES string of the molecule is COc1ccc([C@@H](CC(=O)O)c2ccc(Cl)c(Cl)c2)cc1. The van der Waals surface area contributed by atoms with Crippen molar-refractivity contribution < 1.29 is 14.6 Å². The molecule has 3 nitrogen and oxygen atoms in total. The van der Waals surface area contributed by atoms with Crippen LogP contribution in [-0.2, 0) is 4.79 Å². The summed E-state index contributed by atoms with van der Waals surface area (Å²) in [6, 6.07) is 12.5. The fourth-order valence-corrected chi connectivity index (χ4v) is 2.47. The molecule has 0 unspecified atom stereocenters. The Morgan fingerprint density at radius 1 is 1.10 bits per heavy atom. The number of carboxylic acid groups (broad SMARTS) is 1. The largest absolute Gasteiger partial charge is 0.497 e. The van der Waals surface area contributed by atoms with Gasteiger partial charge >= 0.3 is 5.97 Å². The zero-order valence-corrected chi connectivity index (χ0v) is 12.9. The topological polar surface area (TPSA) is 46.5 Å². The monoisotopic (exact) mass is 324 g/mol. The van der Waals surface area contributed by atoms with Crippen LogP contribution < -0.4 is 4.74 Å². The molecule has 0 heterocycles. The van der Waals surface area contributed by atoms with E-state index in [9.17, 15) is 4.79 Å². The summed E-state index contributed by atoms with van der Waals surface area (Å²) >= 11 is 11.9. The molecule has 2 aromatic carbocycles. The number of carboxylic acids is 1. The van der Waals surface area contributed by atoms with Crippen LogP contribution in [0, 0.1) is 0 Å². The Balaban J connectivity index is 2.41. The van der Waals surface area contributed by atoms with Crippen LogP contribution in [0.5, 0.6) is 5.75 Å². The molecule has 2 aromatic rings. The Kier molecular flexibility index (Phi) is 5.10. The quantitative estimate of drug-likeness (QED) is 0.873. The van der Waals surface area contributed by atoms with Crippen LogP contribution >= 0.6 is 23.2 Å². The fourth-order valence-electron chi connectivity index (χ4n) is 2.17. The van der Waals surface area contributed by atoms with Crippen molar-refractivity contribution in [1.29, 1.82) is 0 Å². The molecule has 0 saturated carbocycles. The van der Waals surface area contributed by atoms with E-state index in [1.807, 2.05) is 24.3 Å². The van der Waals surface area contributed by atoms with Gasteiger partial charge in [0.15, 0.2) is 0 Å². The molecule has 2 rings (SSSR count). The van der Waals surface area contributed by atoms with E-state index >= 15 is 0 Å². The van der Waals surface area contributed by atoms with E-state index in [4.69, 9.17) is 33.0 Å². The summed E-state index contributed by atoms with van der Waals surface area (Å²) < 4.78 is 5.12. The molecule has 1 N–H and O–H groups in total. The molecule has 0 aliphatic rings. The van der Waals surface area contributed by atoms with Crippen LogP contribution in [0.4, 0.5) is 0 Å². The average molecular weight is 325 g/mol. The summed E-state index contributed by atoms with van der Waals surface area (Å²) in [6.45, 7) is 0. The van der Waals surface area contributed by atoms with Crippen molar-refractivity contribution in [1.82, 2.24) is 0 Å². The molecule has 0 bridgehead atoms. The van der Waals surface area contributed by atoms with Gasteiger partial charge in [0.1, 0.15) is 5.75 Å². The minimum absolute atomic E-state index is 0.0235. The van der Waals surface area contributed by atoms with E-state index in [0.717, 1.165) is 16.9 Å². The van der Waals surface area contributed by atoms with Crippen molar-refractivity contribution in [3.63, 3.8) is 0 Å². The number of halogens is 2. The van der Waals surface area contributed by atoms with Gasteiger partial charge in [-0.1, -0.05) is 41.4 Å². The van der Waals surface area contributed by atoms with E-state index in [2.05, 4.69) is 0 Å². The lowest BCUT2D eigenvalue weighted by molar-refractivity contribution is -0.137. The van der Waals surface area contributed by atoms with Crippen molar-refractivity contribution in [2.24, 2.45) is 0 Å². The van der Waals surface area contributed by atoms with Gasteiger partial charge < -0.3 is 9.84 Å². The smallest absolute Gasteiger partial charge is 0.304 e. The normalized spacial score (nSPS) is 12.0. The fraction of sp³-hybridized carbons (Fsp3) is 0.188. The number of hydrogen-bond acceptors (Lipinski definition) is 2. The van der Waals surface area contributed by atoms with Gasteiger partial charge in [-0.3, -0.25) is 4.79 Å². The molecule has 21 heavy (non-hydrogen) atoms. The molecule has 1 atom stereocenters. The minimum Gasteiger partial charge on any atom is -0.497 e. The third-order valence-corrected chi connectivity index (χ3v) is 3.98. The molecule has 0 aromatic heterocycles. The van der Waals surface area contributed by atoms with E-state index < -0.39 is 5.97 Å². The van der Waals surface area contributed by atoms with Crippen molar-refractivity contribution in [2.75, 3.05) is 7.11 Å². The highest BCUT2D eigenvalue weighted by Crippen LogP contribution is 2.33. The summed E-state index contributed by atoms with van der Waals surface area (Å²) in [5, 5.41) is 10.0. The third kappa shape index (κ3) is 3.90. The van der Waals surface area contributed by atoms with Gasteiger partial charge in [0.25, 0.3) is 0 Å². The van der Waals surface area contributed by atoms with Crippen LogP contribution in [0.3, 0.4) is 0 Å². The minimum atomic E-state index is -0.873. The second-order valence-corrected chi connectivity index (χ2v) is 5.41. The van der Waals surface area contributed by atoms with Gasteiger partial charge in [-0.2, -0.15) is 0 Å². The Morgan fingerprint density at radius 3 is 2.24 bits per heavy atom. The van der Waals surface area contributed by atoms with Crippen molar-refractivity contribution in [3.05, 3.63) is 63.6 Å². The number of rotatable bonds is 5. The van der Waals surface area contributed by atoms with Gasteiger partial charge in [-0.25, -0.2) is 0 Å². The third-order valence-electron chi connectivity index (χ3n) is 3.24. The molecule has 0 spiro atoms. The highest BCUT2D eigenvalue weighted by molar-refractivity contribution is 6.42. The summed E-state index contributed by atoms with van der Waals surface area (Å²) in [7, 11) is 1.59. The Bertz CT molecular complexity index is 638. The van der Waals surface area contributed by atoms with Crippen molar-refractivity contribution in [3.8, 4) is 5.75 Å². The predicted molar refractivity (Wildman–Crippen MR) is 83.6 cm³/mol. The lowest BCUT2D eigenvalue weighted by Crippen LogP contribution is -2.08. The van der Waals surface area contributed by atoms with Crippen LogP contribution in [0.2, 0.25) is 10.0 Å². The zero-order chi connectivity index (χ0) is 15.4. The van der Waals surface area contributed by atoms with Crippen LogP contribution in [-0.4, -0.2) is 18.2 Å². The van der Waals surface area contributed by atoms with Crippen LogP contribution in [0.1, 0.15) is 23.5 Å². The molecule has 0 saturated heterocycles. The summed E-state index contributed by atoms with van der Waals surface area (Å²) in [5.74, 6) is -0.438. The van der Waals surface area contributed by atoms with Gasteiger partial charge in [-0.05, 0) is 35.4 Å². The molecule has 110 valence electrons. The second kappa shape index (κ2) is 6.83. The molecule has 0 fully saturated rings. The van der Waals surface area contributed by atoms with E-state index in [1.165, 1.54) is 0 Å². The second-order valence-electron chi connectivity index (χ2n) is 4.60. The summed E-state index contributed by atoms with van der Waals surface area (Å²) in [5.41, 5.74) is 1.70. The van der Waals surface area contributed by atoms with E-state index in [1.54, 1.807) is 25.3 Å². The predicted octanol–water partition coefficient (Wildman–Crippen LogP) is 4.61. The Hall–Kier alpha value is -1.71. The molecular formula is C16H14Cl2O3. The Labute approximate surface area is 133 Å². The van der Waals surface area contributed by atoms with Gasteiger partial charge in [0.05, 0.1) is 23.6 Å². The summed E-state index contributed by atoms with van der Waals surface area (Å²) in [6.07, 6.45) is -0.0235.